The summed E-state index contributed by atoms with van der Waals surface area (Å²) < 4.78 is 5.95. The molecule has 0 aliphatic carbocycles. The molecule has 1 N–H and O–H groups in total. The molecule has 2 amide bonds. The largest absolute Gasteiger partial charge is 0.441 e. The van der Waals surface area contributed by atoms with E-state index >= 15 is 0 Å². The number of carbonyl (C=O) groups excluding carboxylic acids is 1. The van der Waals surface area contributed by atoms with Crippen molar-refractivity contribution in [3.8, 4) is 11.5 Å². The van der Waals surface area contributed by atoms with Crippen LogP contribution in [-0.4, -0.2) is 47.0 Å². The van der Waals surface area contributed by atoms with Gasteiger partial charge in [-0.25, -0.2) is 9.78 Å². The number of hydrogen-bond donors (Lipinski definition) is 1. The van der Waals surface area contributed by atoms with Crippen molar-refractivity contribution < 1.29 is 9.21 Å². The van der Waals surface area contributed by atoms with Gasteiger partial charge in [-0.15, -0.1) is 0 Å². The van der Waals surface area contributed by atoms with Crippen LogP contribution in [0.25, 0.3) is 11.5 Å². The van der Waals surface area contributed by atoms with E-state index in [1.807, 2.05) is 42.2 Å². The fourth-order valence-corrected chi connectivity index (χ4v) is 3.85. The van der Waals surface area contributed by atoms with Gasteiger partial charge in [0.15, 0.2) is 0 Å². The van der Waals surface area contributed by atoms with Crippen LogP contribution in [0.3, 0.4) is 0 Å². The Hall–Kier alpha value is -3.12. The summed E-state index contributed by atoms with van der Waals surface area (Å²) >= 11 is 0. The summed E-state index contributed by atoms with van der Waals surface area (Å²) in [6.07, 6.45) is 0.994. The monoisotopic (exact) mass is 418 g/mol. The van der Waals surface area contributed by atoms with E-state index in [1.165, 1.54) is 5.56 Å². The SMILES string of the molecule is CCc1ccc(NC(=O)N2CCN(Cc3nc(-c4ccccc4C)oc3C)CC2)cc1. The van der Waals surface area contributed by atoms with Gasteiger partial charge in [-0.3, -0.25) is 4.90 Å². The van der Waals surface area contributed by atoms with Crippen LogP contribution in [0.15, 0.2) is 52.9 Å². The van der Waals surface area contributed by atoms with Crippen LogP contribution in [0.4, 0.5) is 10.5 Å². The van der Waals surface area contributed by atoms with Gasteiger partial charge < -0.3 is 14.6 Å². The van der Waals surface area contributed by atoms with Gasteiger partial charge in [0.2, 0.25) is 5.89 Å². The molecule has 3 aromatic rings. The molecule has 1 aromatic heterocycles. The van der Waals surface area contributed by atoms with Gasteiger partial charge in [-0.2, -0.15) is 0 Å². The first-order valence-corrected chi connectivity index (χ1v) is 10.9. The predicted molar refractivity (Wildman–Crippen MR) is 123 cm³/mol. The third kappa shape index (κ3) is 4.97. The molecular formula is C25H30N4O2. The molecule has 0 atom stereocenters. The first-order chi connectivity index (χ1) is 15.0. The first-order valence-electron chi connectivity index (χ1n) is 10.9. The number of hydrogen-bond acceptors (Lipinski definition) is 4. The molecule has 0 bridgehead atoms. The zero-order valence-corrected chi connectivity index (χ0v) is 18.5. The van der Waals surface area contributed by atoms with Crippen molar-refractivity contribution in [1.29, 1.82) is 0 Å². The first kappa shape index (κ1) is 21.1. The number of benzene rings is 2. The predicted octanol–water partition coefficient (Wildman–Crippen LogP) is 4.87. The molecule has 0 spiro atoms. The number of aryl methyl sites for hydroxylation is 3. The molecule has 162 valence electrons. The van der Waals surface area contributed by atoms with Crippen LogP contribution in [0, 0.1) is 13.8 Å². The van der Waals surface area contributed by atoms with Gasteiger partial charge in [0.25, 0.3) is 0 Å². The summed E-state index contributed by atoms with van der Waals surface area (Å²) in [7, 11) is 0. The summed E-state index contributed by atoms with van der Waals surface area (Å²) in [5.41, 5.74) is 5.25. The van der Waals surface area contributed by atoms with Crippen LogP contribution in [0.1, 0.15) is 29.5 Å². The lowest BCUT2D eigenvalue weighted by Gasteiger charge is -2.34. The van der Waals surface area contributed by atoms with Crippen molar-refractivity contribution >= 4 is 11.7 Å². The van der Waals surface area contributed by atoms with Crippen molar-refractivity contribution in [2.45, 2.75) is 33.7 Å². The Kier molecular flexibility index (Phi) is 6.37. The van der Waals surface area contributed by atoms with E-state index in [-0.39, 0.29) is 6.03 Å². The minimum absolute atomic E-state index is 0.0386. The second kappa shape index (κ2) is 9.35. The molecule has 2 heterocycles. The molecule has 1 fully saturated rings. The zero-order valence-electron chi connectivity index (χ0n) is 18.5. The average Bonchev–Trinajstić information content (AvgIpc) is 3.15. The summed E-state index contributed by atoms with van der Waals surface area (Å²) in [6.45, 7) is 9.91. The minimum Gasteiger partial charge on any atom is -0.441 e. The number of amides is 2. The van der Waals surface area contributed by atoms with Crippen LogP contribution >= 0.6 is 0 Å². The number of aromatic nitrogens is 1. The Bertz CT molecular complexity index is 1030. The third-order valence-electron chi connectivity index (χ3n) is 5.91. The van der Waals surface area contributed by atoms with E-state index in [0.717, 1.165) is 54.3 Å². The molecular weight excluding hydrogens is 388 g/mol. The summed E-state index contributed by atoms with van der Waals surface area (Å²) in [4.78, 5) is 21.6. The number of nitrogens with zero attached hydrogens (tertiary/aromatic N) is 3. The Labute approximate surface area is 183 Å². The van der Waals surface area contributed by atoms with Crippen LogP contribution in [0.2, 0.25) is 0 Å². The normalized spacial score (nSPS) is 14.6. The molecule has 2 aromatic carbocycles. The molecule has 6 heteroatoms. The number of oxazole rings is 1. The van der Waals surface area contributed by atoms with E-state index in [9.17, 15) is 4.79 Å². The minimum atomic E-state index is -0.0386. The maximum absolute atomic E-state index is 12.6. The molecule has 0 radical (unpaired) electrons. The van der Waals surface area contributed by atoms with Crippen molar-refractivity contribution in [3.05, 3.63) is 71.1 Å². The summed E-state index contributed by atoms with van der Waals surface area (Å²) in [5.74, 6) is 1.53. The van der Waals surface area contributed by atoms with Gasteiger partial charge in [0.05, 0.1) is 5.69 Å². The van der Waals surface area contributed by atoms with Crippen molar-refractivity contribution in [1.82, 2.24) is 14.8 Å². The highest BCUT2D eigenvalue weighted by molar-refractivity contribution is 5.89. The van der Waals surface area contributed by atoms with Crippen LogP contribution < -0.4 is 5.32 Å². The fraction of sp³-hybridized carbons (Fsp3) is 0.360. The zero-order chi connectivity index (χ0) is 21.8. The van der Waals surface area contributed by atoms with Crippen molar-refractivity contribution in [2.24, 2.45) is 0 Å². The molecule has 1 saturated heterocycles. The van der Waals surface area contributed by atoms with E-state index in [1.54, 1.807) is 0 Å². The Morgan fingerprint density at radius 3 is 2.42 bits per heavy atom. The molecule has 0 saturated carbocycles. The summed E-state index contributed by atoms with van der Waals surface area (Å²) in [5, 5.41) is 3.00. The highest BCUT2D eigenvalue weighted by atomic mass is 16.4. The number of carbonyl (C=O) groups is 1. The Morgan fingerprint density at radius 1 is 1.03 bits per heavy atom. The standard InChI is InChI=1S/C25H30N4O2/c1-4-20-9-11-21(12-10-20)26-25(30)29-15-13-28(14-16-29)17-23-19(3)31-24(27-23)22-8-6-5-7-18(22)2/h5-12H,4,13-17H2,1-3H3,(H,26,30). The van der Waals surface area contributed by atoms with E-state index in [0.29, 0.717) is 19.0 Å². The lowest BCUT2D eigenvalue weighted by molar-refractivity contribution is 0.141. The van der Waals surface area contributed by atoms with Gasteiger partial charge in [-0.1, -0.05) is 37.3 Å². The van der Waals surface area contributed by atoms with Gasteiger partial charge >= 0.3 is 6.03 Å². The lowest BCUT2D eigenvalue weighted by Crippen LogP contribution is -2.49. The van der Waals surface area contributed by atoms with Crippen LogP contribution in [-0.2, 0) is 13.0 Å². The molecule has 6 nitrogen and oxygen atoms in total. The number of urea groups is 1. The number of anilines is 1. The maximum Gasteiger partial charge on any atom is 0.321 e. The van der Waals surface area contributed by atoms with E-state index in [4.69, 9.17) is 9.40 Å². The second-order valence-electron chi connectivity index (χ2n) is 8.08. The van der Waals surface area contributed by atoms with Crippen LogP contribution in [0.5, 0.6) is 0 Å². The quantitative estimate of drug-likeness (QED) is 0.642. The highest BCUT2D eigenvalue weighted by Crippen LogP contribution is 2.25. The number of nitrogens with one attached hydrogen (secondary N) is 1. The van der Waals surface area contributed by atoms with Gasteiger partial charge in [0.1, 0.15) is 5.76 Å². The molecule has 0 unspecified atom stereocenters. The number of piperazine rings is 1. The maximum atomic E-state index is 12.6. The molecule has 1 aliphatic rings. The van der Waals surface area contributed by atoms with Crippen molar-refractivity contribution in [2.75, 3.05) is 31.5 Å². The number of rotatable bonds is 5. The third-order valence-corrected chi connectivity index (χ3v) is 5.91. The van der Waals surface area contributed by atoms with Gasteiger partial charge in [0, 0.05) is 44.0 Å². The van der Waals surface area contributed by atoms with Crippen molar-refractivity contribution in [3.63, 3.8) is 0 Å². The molecule has 4 rings (SSSR count). The average molecular weight is 419 g/mol. The smallest absolute Gasteiger partial charge is 0.321 e. The molecule has 1 aliphatic heterocycles. The lowest BCUT2D eigenvalue weighted by atomic mass is 10.1. The van der Waals surface area contributed by atoms with Gasteiger partial charge in [-0.05, 0) is 49.6 Å². The molecule has 31 heavy (non-hydrogen) atoms. The van der Waals surface area contributed by atoms with E-state index < -0.39 is 0 Å². The highest BCUT2D eigenvalue weighted by Gasteiger charge is 2.23. The Morgan fingerprint density at radius 2 is 1.74 bits per heavy atom. The second-order valence-corrected chi connectivity index (χ2v) is 8.08. The topological polar surface area (TPSA) is 61.6 Å². The fourth-order valence-electron chi connectivity index (χ4n) is 3.85. The Balaban J connectivity index is 1.32. The summed E-state index contributed by atoms with van der Waals surface area (Å²) in [6, 6.07) is 16.1. The van der Waals surface area contributed by atoms with E-state index in [2.05, 4.69) is 42.3 Å².